The minimum atomic E-state index is -0.916. The van der Waals surface area contributed by atoms with Gasteiger partial charge in [-0.25, -0.2) is 4.79 Å². The van der Waals surface area contributed by atoms with Gasteiger partial charge in [0.15, 0.2) is 0 Å². The monoisotopic (exact) mass is 465 g/mol. The van der Waals surface area contributed by atoms with Crippen LogP contribution in [0.25, 0.3) is 0 Å². The second-order valence-electron chi connectivity index (χ2n) is 9.74. The van der Waals surface area contributed by atoms with Crippen molar-refractivity contribution in [2.45, 2.75) is 83.3 Å². The number of rotatable bonds is 14. The number of aromatic carboxylic acids is 1. The first kappa shape index (κ1) is 26.0. The van der Waals surface area contributed by atoms with Crippen LogP contribution in [0.3, 0.4) is 0 Å². The third kappa shape index (κ3) is 7.98. The highest BCUT2D eigenvalue weighted by atomic mass is 16.4. The maximum Gasteiger partial charge on any atom is 0.335 e. The summed E-state index contributed by atoms with van der Waals surface area (Å²) >= 11 is 0. The summed E-state index contributed by atoms with van der Waals surface area (Å²) in [5, 5.41) is 19.8. The van der Waals surface area contributed by atoms with E-state index in [1.165, 1.54) is 5.56 Å². The van der Waals surface area contributed by atoms with E-state index in [1.54, 1.807) is 18.2 Å². The molecule has 5 nitrogen and oxygen atoms in total. The largest absolute Gasteiger partial charge is 0.478 e. The summed E-state index contributed by atoms with van der Waals surface area (Å²) in [5.41, 5.74) is 2.66. The predicted octanol–water partition coefficient (Wildman–Crippen LogP) is 5.50. The lowest BCUT2D eigenvalue weighted by atomic mass is 9.92. The Labute approximate surface area is 203 Å². The maximum absolute atomic E-state index is 12.4. The number of amides is 1. The summed E-state index contributed by atoms with van der Waals surface area (Å²) in [6, 6.07) is 17.8. The van der Waals surface area contributed by atoms with Crippen molar-refractivity contribution in [2.24, 2.45) is 5.92 Å². The van der Waals surface area contributed by atoms with Gasteiger partial charge in [-0.1, -0.05) is 55.8 Å². The van der Waals surface area contributed by atoms with Gasteiger partial charge in [0, 0.05) is 19.0 Å². The van der Waals surface area contributed by atoms with Crippen LogP contribution in [0, 0.1) is 5.92 Å². The second kappa shape index (κ2) is 13.3. The Morgan fingerprint density at radius 1 is 1.00 bits per heavy atom. The number of aliphatic hydroxyl groups excluding tert-OH is 1. The zero-order chi connectivity index (χ0) is 24.3. The third-order valence-corrected chi connectivity index (χ3v) is 7.16. The summed E-state index contributed by atoms with van der Waals surface area (Å²) in [6.07, 6.45) is 8.63. The molecule has 0 bridgehead atoms. The number of carbonyl (C=O) groups is 2. The van der Waals surface area contributed by atoms with Crippen molar-refractivity contribution in [3.8, 4) is 0 Å². The van der Waals surface area contributed by atoms with E-state index < -0.39 is 5.97 Å². The van der Waals surface area contributed by atoms with Gasteiger partial charge in [0.05, 0.1) is 11.7 Å². The van der Waals surface area contributed by atoms with Crippen LogP contribution in [0.15, 0.2) is 54.6 Å². The standard InChI is InChI=1S/C29H39NO4/c1-22(9-5-6-12-23-10-3-2-4-11-23)27(31)18-16-26-17-19-28(32)30(26)20-8-14-24-13-7-15-25(21-24)29(33)34/h2-4,7,10-11,13,15,21-22,26-27,31H,5-6,8-9,12,14,16-20H2,1H3,(H,33,34)/t22-,26-,27+/m0/s1. The van der Waals surface area contributed by atoms with E-state index in [-0.39, 0.29) is 24.0 Å². The molecule has 2 aromatic carbocycles. The normalized spacial score (nSPS) is 17.6. The highest BCUT2D eigenvalue weighted by Crippen LogP contribution is 2.26. The van der Waals surface area contributed by atoms with Crippen LogP contribution in [0.2, 0.25) is 0 Å². The minimum absolute atomic E-state index is 0.202. The second-order valence-corrected chi connectivity index (χ2v) is 9.74. The van der Waals surface area contributed by atoms with Gasteiger partial charge in [0.25, 0.3) is 0 Å². The number of carbonyl (C=O) groups excluding carboxylic acids is 1. The zero-order valence-electron chi connectivity index (χ0n) is 20.4. The Morgan fingerprint density at radius 3 is 2.50 bits per heavy atom. The van der Waals surface area contributed by atoms with Crippen molar-refractivity contribution in [3.05, 3.63) is 71.3 Å². The number of aryl methyl sites for hydroxylation is 2. The zero-order valence-corrected chi connectivity index (χ0v) is 20.4. The molecular formula is C29H39NO4. The molecule has 3 rings (SSSR count). The summed E-state index contributed by atoms with van der Waals surface area (Å²) in [6.45, 7) is 2.82. The van der Waals surface area contributed by atoms with Crippen molar-refractivity contribution < 1.29 is 19.8 Å². The Kier molecular flexibility index (Phi) is 10.1. The first-order valence-corrected chi connectivity index (χ1v) is 12.8. The first-order chi connectivity index (χ1) is 16.4. The molecule has 5 heteroatoms. The lowest BCUT2D eigenvalue weighted by Gasteiger charge is -2.27. The van der Waals surface area contributed by atoms with Crippen molar-refractivity contribution >= 4 is 11.9 Å². The van der Waals surface area contributed by atoms with Crippen molar-refractivity contribution in [1.82, 2.24) is 4.90 Å². The number of nitrogens with zero attached hydrogens (tertiary/aromatic N) is 1. The van der Waals surface area contributed by atoms with E-state index in [2.05, 4.69) is 31.2 Å². The van der Waals surface area contributed by atoms with Crippen LogP contribution >= 0.6 is 0 Å². The van der Waals surface area contributed by atoms with Gasteiger partial charge < -0.3 is 15.1 Å². The van der Waals surface area contributed by atoms with Gasteiger partial charge in [-0.05, 0) is 80.5 Å². The number of aliphatic hydroxyl groups is 1. The van der Waals surface area contributed by atoms with Crippen molar-refractivity contribution in [1.29, 1.82) is 0 Å². The number of hydrogen-bond donors (Lipinski definition) is 2. The highest BCUT2D eigenvalue weighted by Gasteiger charge is 2.31. The first-order valence-electron chi connectivity index (χ1n) is 12.8. The fourth-order valence-electron chi connectivity index (χ4n) is 4.99. The highest BCUT2D eigenvalue weighted by molar-refractivity contribution is 5.87. The van der Waals surface area contributed by atoms with Crippen LogP contribution < -0.4 is 0 Å². The molecule has 3 atom stereocenters. The van der Waals surface area contributed by atoms with Gasteiger partial charge in [0.2, 0.25) is 5.91 Å². The van der Waals surface area contributed by atoms with Crippen LogP contribution in [-0.2, 0) is 17.6 Å². The molecule has 184 valence electrons. The molecule has 0 spiro atoms. The molecule has 2 aromatic rings. The third-order valence-electron chi connectivity index (χ3n) is 7.16. The van der Waals surface area contributed by atoms with Crippen LogP contribution in [-0.4, -0.2) is 45.7 Å². The van der Waals surface area contributed by atoms with E-state index in [0.29, 0.717) is 18.5 Å². The van der Waals surface area contributed by atoms with E-state index in [1.807, 2.05) is 17.0 Å². The number of carboxylic acid groups (broad SMARTS) is 1. The number of carboxylic acids is 1. The quantitative estimate of drug-likeness (QED) is 0.361. The molecule has 1 aliphatic rings. The molecule has 1 fully saturated rings. The molecule has 2 N–H and O–H groups in total. The predicted molar refractivity (Wildman–Crippen MR) is 135 cm³/mol. The van der Waals surface area contributed by atoms with Crippen LogP contribution in [0.4, 0.5) is 0 Å². The lowest BCUT2D eigenvalue weighted by Crippen LogP contribution is -2.35. The molecule has 0 radical (unpaired) electrons. The van der Waals surface area contributed by atoms with E-state index in [0.717, 1.165) is 63.4 Å². The van der Waals surface area contributed by atoms with Gasteiger partial charge in [-0.2, -0.15) is 0 Å². The number of hydrogen-bond acceptors (Lipinski definition) is 3. The SMILES string of the molecule is C[C@@H](CCCCc1ccccc1)[C@H](O)CC[C@H]1CCC(=O)N1CCCc1cccc(C(=O)O)c1. The van der Waals surface area contributed by atoms with Crippen LogP contribution in [0.1, 0.15) is 79.8 Å². The van der Waals surface area contributed by atoms with Gasteiger partial charge in [-0.3, -0.25) is 4.79 Å². The molecule has 0 saturated carbocycles. The van der Waals surface area contributed by atoms with Crippen LogP contribution in [0.5, 0.6) is 0 Å². The number of likely N-dealkylation sites (tertiary alicyclic amines) is 1. The van der Waals surface area contributed by atoms with Gasteiger partial charge in [0.1, 0.15) is 0 Å². The lowest BCUT2D eigenvalue weighted by molar-refractivity contribution is -0.129. The molecule has 34 heavy (non-hydrogen) atoms. The Balaban J connectivity index is 1.36. The molecule has 1 amide bonds. The number of unbranched alkanes of at least 4 members (excludes halogenated alkanes) is 1. The average Bonchev–Trinajstić information content (AvgIpc) is 3.20. The Bertz CT molecular complexity index is 913. The van der Waals surface area contributed by atoms with E-state index >= 15 is 0 Å². The summed E-state index contributed by atoms with van der Waals surface area (Å²) in [7, 11) is 0. The Hall–Kier alpha value is -2.66. The average molecular weight is 466 g/mol. The fraction of sp³-hybridized carbons (Fsp3) is 0.517. The smallest absolute Gasteiger partial charge is 0.335 e. The summed E-state index contributed by atoms with van der Waals surface area (Å²) < 4.78 is 0. The minimum Gasteiger partial charge on any atom is -0.478 e. The molecule has 1 saturated heterocycles. The Morgan fingerprint density at radius 2 is 1.74 bits per heavy atom. The van der Waals surface area contributed by atoms with Crippen molar-refractivity contribution in [2.75, 3.05) is 6.54 Å². The molecule has 0 aromatic heterocycles. The van der Waals surface area contributed by atoms with Gasteiger partial charge in [-0.15, -0.1) is 0 Å². The topological polar surface area (TPSA) is 77.8 Å². The van der Waals surface area contributed by atoms with Gasteiger partial charge >= 0.3 is 5.97 Å². The molecule has 0 aliphatic carbocycles. The molecule has 1 aliphatic heterocycles. The number of benzene rings is 2. The molecule has 0 unspecified atom stereocenters. The van der Waals surface area contributed by atoms with Crippen molar-refractivity contribution in [3.63, 3.8) is 0 Å². The fourth-order valence-corrected chi connectivity index (χ4v) is 4.99. The summed E-state index contributed by atoms with van der Waals surface area (Å²) in [4.78, 5) is 25.6. The summed E-state index contributed by atoms with van der Waals surface area (Å²) in [5.74, 6) is -0.448. The molecule has 1 heterocycles. The maximum atomic E-state index is 12.4. The van der Waals surface area contributed by atoms with E-state index in [4.69, 9.17) is 5.11 Å². The van der Waals surface area contributed by atoms with E-state index in [9.17, 15) is 14.7 Å². The molecular weight excluding hydrogens is 426 g/mol.